The lowest BCUT2D eigenvalue weighted by Crippen LogP contribution is -2.34. The first-order valence-electron chi connectivity index (χ1n) is 9.24. The molecule has 1 aromatic carbocycles. The molecular formula is C20H25NO6S. The van der Waals surface area contributed by atoms with Gasteiger partial charge >= 0.3 is 5.97 Å². The zero-order chi connectivity index (χ0) is 20.7. The van der Waals surface area contributed by atoms with E-state index in [4.69, 9.17) is 14.2 Å². The maximum absolute atomic E-state index is 12.5. The van der Waals surface area contributed by atoms with Gasteiger partial charge in [-0.2, -0.15) is 0 Å². The van der Waals surface area contributed by atoms with Gasteiger partial charge in [0.25, 0.3) is 11.1 Å². The highest BCUT2D eigenvalue weighted by atomic mass is 32.2. The molecule has 1 aliphatic heterocycles. The van der Waals surface area contributed by atoms with Crippen molar-refractivity contribution in [1.29, 1.82) is 0 Å². The molecule has 1 fully saturated rings. The molecule has 152 valence electrons. The van der Waals surface area contributed by atoms with E-state index in [1.807, 2.05) is 20.8 Å². The number of hydrogen-bond acceptors (Lipinski definition) is 7. The van der Waals surface area contributed by atoms with Crippen molar-refractivity contribution in [2.24, 2.45) is 0 Å². The predicted molar refractivity (Wildman–Crippen MR) is 107 cm³/mol. The third kappa shape index (κ3) is 5.51. The number of nitrogens with zero attached hydrogens (tertiary/aromatic N) is 1. The van der Waals surface area contributed by atoms with Gasteiger partial charge in [-0.15, -0.1) is 0 Å². The Morgan fingerprint density at radius 2 is 1.93 bits per heavy atom. The molecular weight excluding hydrogens is 382 g/mol. The second kappa shape index (κ2) is 10.2. The Balaban J connectivity index is 2.22. The first kappa shape index (κ1) is 21.8. The first-order valence-corrected chi connectivity index (χ1v) is 10.1. The van der Waals surface area contributed by atoms with Gasteiger partial charge in [-0.1, -0.05) is 13.0 Å². The maximum atomic E-state index is 12.5. The maximum Gasteiger partial charge on any atom is 0.326 e. The van der Waals surface area contributed by atoms with E-state index in [1.165, 1.54) is 0 Å². The molecule has 1 saturated heterocycles. The lowest BCUT2D eigenvalue weighted by molar-refractivity contribution is -0.145. The first-order chi connectivity index (χ1) is 13.4. The van der Waals surface area contributed by atoms with E-state index in [0.717, 1.165) is 23.1 Å². The highest BCUT2D eigenvalue weighted by Crippen LogP contribution is 2.35. The van der Waals surface area contributed by atoms with Crippen LogP contribution in [-0.2, 0) is 14.3 Å². The van der Waals surface area contributed by atoms with Crippen LogP contribution in [0.3, 0.4) is 0 Å². The minimum atomic E-state index is -0.615. The molecule has 0 aromatic heterocycles. The fourth-order valence-corrected chi connectivity index (χ4v) is 3.24. The minimum absolute atomic E-state index is 0.0458. The minimum Gasteiger partial charge on any atom is -0.490 e. The largest absolute Gasteiger partial charge is 0.490 e. The average Bonchev–Trinajstić information content (AvgIpc) is 2.91. The molecule has 7 nitrogen and oxygen atoms in total. The van der Waals surface area contributed by atoms with Crippen molar-refractivity contribution in [3.8, 4) is 11.5 Å². The average molecular weight is 407 g/mol. The molecule has 0 bridgehead atoms. The fourth-order valence-electron chi connectivity index (χ4n) is 2.40. The van der Waals surface area contributed by atoms with E-state index < -0.39 is 17.1 Å². The molecule has 0 aliphatic carbocycles. The number of esters is 1. The van der Waals surface area contributed by atoms with Gasteiger partial charge < -0.3 is 14.2 Å². The highest BCUT2D eigenvalue weighted by molar-refractivity contribution is 8.18. The van der Waals surface area contributed by atoms with Crippen LogP contribution in [0, 0.1) is 0 Å². The molecule has 0 N–H and O–H groups in total. The van der Waals surface area contributed by atoms with E-state index in [9.17, 15) is 14.4 Å². The van der Waals surface area contributed by atoms with E-state index in [2.05, 4.69) is 0 Å². The topological polar surface area (TPSA) is 82.1 Å². The van der Waals surface area contributed by atoms with E-state index in [-0.39, 0.29) is 24.2 Å². The van der Waals surface area contributed by atoms with Gasteiger partial charge in [-0.25, -0.2) is 0 Å². The molecule has 8 heteroatoms. The Morgan fingerprint density at radius 1 is 1.18 bits per heavy atom. The van der Waals surface area contributed by atoms with Crippen molar-refractivity contribution >= 4 is 35.0 Å². The smallest absolute Gasteiger partial charge is 0.326 e. The Bertz CT molecular complexity index is 776. The zero-order valence-electron chi connectivity index (χ0n) is 16.5. The lowest BCUT2D eigenvalue weighted by Gasteiger charge is -2.16. The number of carbonyl (C=O) groups is 3. The molecule has 1 atom stereocenters. The normalized spacial score (nSPS) is 16.4. The number of imide groups is 1. The van der Waals surface area contributed by atoms with Crippen LogP contribution in [0.2, 0.25) is 0 Å². The van der Waals surface area contributed by atoms with E-state index >= 15 is 0 Å². The second-order valence-corrected chi connectivity index (χ2v) is 7.04. The Labute approximate surface area is 169 Å². The molecule has 28 heavy (non-hydrogen) atoms. The summed E-state index contributed by atoms with van der Waals surface area (Å²) in [5.41, 5.74) is 0.696. The van der Waals surface area contributed by atoms with Gasteiger partial charge in [0.2, 0.25) is 0 Å². The Hall–Kier alpha value is -2.48. The van der Waals surface area contributed by atoms with Crippen LogP contribution >= 0.6 is 11.8 Å². The van der Waals surface area contributed by atoms with Gasteiger partial charge in [0.1, 0.15) is 6.54 Å². The van der Waals surface area contributed by atoms with Crippen LogP contribution in [0.1, 0.15) is 39.7 Å². The Morgan fingerprint density at radius 3 is 2.57 bits per heavy atom. The summed E-state index contributed by atoms with van der Waals surface area (Å²) >= 11 is 0.793. The van der Waals surface area contributed by atoms with Crippen molar-refractivity contribution in [1.82, 2.24) is 4.90 Å². The van der Waals surface area contributed by atoms with Crippen LogP contribution in [-0.4, -0.2) is 47.9 Å². The van der Waals surface area contributed by atoms with Crippen molar-refractivity contribution in [2.45, 2.75) is 40.2 Å². The molecule has 0 unspecified atom stereocenters. The van der Waals surface area contributed by atoms with Gasteiger partial charge in [-0.05, 0) is 62.7 Å². The van der Waals surface area contributed by atoms with Crippen LogP contribution in [0.25, 0.3) is 6.08 Å². The number of carbonyl (C=O) groups excluding carboxylic acids is 3. The fraction of sp³-hybridized carbons (Fsp3) is 0.450. The molecule has 2 rings (SSSR count). The summed E-state index contributed by atoms with van der Waals surface area (Å²) in [6.45, 7) is 7.82. The number of ether oxygens (including phenoxy) is 3. The zero-order valence-corrected chi connectivity index (χ0v) is 17.3. The summed E-state index contributed by atoms with van der Waals surface area (Å²) in [4.78, 5) is 37.3. The summed E-state index contributed by atoms with van der Waals surface area (Å²) in [7, 11) is 0. The van der Waals surface area contributed by atoms with Gasteiger partial charge in [0.15, 0.2) is 11.5 Å². The molecule has 0 saturated carbocycles. The third-order valence-corrected chi connectivity index (χ3v) is 4.84. The number of amides is 2. The van der Waals surface area contributed by atoms with Crippen LogP contribution < -0.4 is 9.47 Å². The molecule has 0 radical (unpaired) electrons. The van der Waals surface area contributed by atoms with Crippen LogP contribution in [0.4, 0.5) is 4.79 Å². The van der Waals surface area contributed by atoms with E-state index in [0.29, 0.717) is 23.7 Å². The summed E-state index contributed by atoms with van der Waals surface area (Å²) in [6, 6.07) is 5.34. The lowest BCUT2D eigenvalue weighted by atomic mass is 10.1. The number of thioether (sulfide) groups is 1. The van der Waals surface area contributed by atoms with Crippen molar-refractivity contribution in [2.75, 3.05) is 19.8 Å². The van der Waals surface area contributed by atoms with Crippen LogP contribution in [0.15, 0.2) is 23.1 Å². The molecule has 1 aliphatic rings. The highest BCUT2D eigenvalue weighted by Gasteiger charge is 2.36. The van der Waals surface area contributed by atoms with Gasteiger partial charge in [-0.3, -0.25) is 19.3 Å². The quantitative estimate of drug-likeness (QED) is 0.454. The summed E-state index contributed by atoms with van der Waals surface area (Å²) in [5.74, 6) is 0.0724. The van der Waals surface area contributed by atoms with Gasteiger partial charge in [0.05, 0.1) is 24.2 Å². The second-order valence-electron chi connectivity index (χ2n) is 6.05. The number of rotatable bonds is 9. The third-order valence-electron chi connectivity index (χ3n) is 3.93. The molecule has 1 aromatic rings. The summed E-state index contributed by atoms with van der Waals surface area (Å²) in [5, 5.41) is -0.494. The van der Waals surface area contributed by atoms with Crippen molar-refractivity contribution in [3.63, 3.8) is 0 Å². The molecule has 2 amide bonds. The number of benzene rings is 1. The summed E-state index contributed by atoms with van der Waals surface area (Å²) < 4.78 is 16.3. The van der Waals surface area contributed by atoms with E-state index in [1.54, 1.807) is 31.2 Å². The Kier molecular flexibility index (Phi) is 7.92. The van der Waals surface area contributed by atoms with Crippen molar-refractivity contribution < 1.29 is 28.6 Å². The standard InChI is InChI=1S/C20H25NO6S/c1-5-13(4)27-15-9-8-14(10-16(15)25-6-2)11-17-19(23)21(20(24)28-17)12-18(22)26-7-3/h8-11,13H,5-7,12H2,1-4H3/b17-11+/t13-/m1/s1. The predicted octanol–water partition coefficient (Wildman–Crippen LogP) is 3.86. The molecule has 1 heterocycles. The molecule has 0 spiro atoms. The van der Waals surface area contributed by atoms with Gasteiger partial charge in [0, 0.05) is 0 Å². The monoisotopic (exact) mass is 407 g/mol. The summed E-state index contributed by atoms with van der Waals surface area (Å²) in [6.07, 6.45) is 2.51. The van der Waals surface area contributed by atoms with Crippen molar-refractivity contribution in [3.05, 3.63) is 28.7 Å². The SMILES string of the molecule is CCOC(=O)CN1C(=O)S/C(=C/c2ccc(O[C@H](C)CC)c(OCC)c2)C1=O. The van der Waals surface area contributed by atoms with Crippen LogP contribution in [0.5, 0.6) is 11.5 Å². The number of hydrogen-bond donors (Lipinski definition) is 0.